The number of nitrogens with zero attached hydrogens (tertiary/aromatic N) is 3. The molecule has 0 bridgehead atoms. The van der Waals surface area contributed by atoms with Gasteiger partial charge in [-0.15, -0.1) is 0 Å². The van der Waals surface area contributed by atoms with Crippen LogP contribution in [-0.2, 0) is 9.59 Å². The molecule has 2 aliphatic carbocycles. The van der Waals surface area contributed by atoms with Crippen molar-refractivity contribution in [3.63, 3.8) is 0 Å². The molecule has 0 spiro atoms. The van der Waals surface area contributed by atoms with Crippen LogP contribution in [0.5, 0.6) is 0 Å². The van der Waals surface area contributed by atoms with Crippen molar-refractivity contribution in [2.45, 2.75) is 37.7 Å². The number of benzene rings is 2. The molecule has 3 aliphatic rings. The van der Waals surface area contributed by atoms with Gasteiger partial charge in [0.05, 0.1) is 5.69 Å². The van der Waals surface area contributed by atoms with Crippen molar-refractivity contribution in [1.82, 2.24) is 9.80 Å². The Bertz CT molecular complexity index is 1100. The van der Waals surface area contributed by atoms with Crippen LogP contribution in [0.2, 0.25) is 0 Å². The van der Waals surface area contributed by atoms with Gasteiger partial charge in [-0.25, -0.2) is 10.9 Å². The minimum atomic E-state index is -1.16. The van der Waals surface area contributed by atoms with E-state index in [4.69, 9.17) is 5.84 Å². The lowest BCUT2D eigenvalue weighted by Gasteiger charge is -2.35. The number of nitrogens with two attached hydrogens (primary N) is 1. The standard InChI is InChI=1S/C26H30N4O4/c27-30(24(32)19-3-1-4-19)22-6-2-5-21(17-22)18-7-9-20(10-8-18)23(31)28-13-15-29(16-14-28)25(33)26(34)11-12-26/h2,5-10,17,19,34H,1,3-4,11-16,27H2. The Balaban J connectivity index is 1.22. The van der Waals surface area contributed by atoms with Gasteiger partial charge in [0.1, 0.15) is 5.60 Å². The van der Waals surface area contributed by atoms with Gasteiger partial charge in [0, 0.05) is 37.7 Å². The van der Waals surface area contributed by atoms with E-state index in [0.717, 1.165) is 30.4 Å². The molecule has 8 nitrogen and oxygen atoms in total. The molecule has 3 N–H and O–H groups in total. The second-order valence-corrected chi connectivity index (χ2v) is 9.58. The van der Waals surface area contributed by atoms with Gasteiger partial charge in [0.2, 0.25) is 5.91 Å². The highest BCUT2D eigenvalue weighted by Crippen LogP contribution is 2.37. The molecule has 1 aliphatic heterocycles. The van der Waals surface area contributed by atoms with Crippen molar-refractivity contribution in [2.24, 2.45) is 11.8 Å². The van der Waals surface area contributed by atoms with Crippen molar-refractivity contribution in [2.75, 3.05) is 31.2 Å². The van der Waals surface area contributed by atoms with Gasteiger partial charge < -0.3 is 14.9 Å². The summed E-state index contributed by atoms with van der Waals surface area (Å²) in [4.78, 5) is 41.1. The summed E-state index contributed by atoms with van der Waals surface area (Å²) in [5, 5.41) is 11.3. The smallest absolute Gasteiger partial charge is 0.254 e. The van der Waals surface area contributed by atoms with Crippen LogP contribution < -0.4 is 10.9 Å². The van der Waals surface area contributed by atoms with Gasteiger partial charge in [-0.3, -0.25) is 14.4 Å². The minimum absolute atomic E-state index is 0.0254. The lowest BCUT2D eigenvalue weighted by atomic mass is 9.84. The zero-order chi connectivity index (χ0) is 23.9. The second kappa shape index (κ2) is 8.85. The number of hydrogen-bond acceptors (Lipinski definition) is 5. The average Bonchev–Trinajstić information content (AvgIpc) is 3.60. The Morgan fingerprint density at radius 1 is 0.912 bits per heavy atom. The molecule has 5 rings (SSSR count). The fourth-order valence-corrected chi connectivity index (χ4v) is 4.54. The molecule has 1 saturated heterocycles. The molecule has 0 unspecified atom stereocenters. The van der Waals surface area contributed by atoms with Crippen LogP contribution in [0, 0.1) is 5.92 Å². The van der Waals surface area contributed by atoms with Crippen LogP contribution in [0.4, 0.5) is 5.69 Å². The van der Waals surface area contributed by atoms with Crippen LogP contribution >= 0.6 is 0 Å². The number of hydrogen-bond donors (Lipinski definition) is 2. The van der Waals surface area contributed by atoms with Crippen molar-refractivity contribution >= 4 is 23.4 Å². The first-order valence-corrected chi connectivity index (χ1v) is 12.0. The fraction of sp³-hybridized carbons (Fsp3) is 0.423. The van der Waals surface area contributed by atoms with Crippen molar-refractivity contribution in [3.8, 4) is 11.1 Å². The molecular weight excluding hydrogens is 432 g/mol. The lowest BCUT2D eigenvalue weighted by molar-refractivity contribution is -0.143. The summed E-state index contributed by atoms with van der Waals surface area (Å²) < 4.78 is 0. The molecule has 1 heterocycles. The third kappa shape index (κ3) is 4.31. The number of piperazine rings is 1. The maximum absolute atomic E-state index is 13.0. The quantitative estimate of drug-likeness (QED) is 0.402. The Morgan fingerprint density at radius 2 is 1.56 bits per heavy atom. The Kier molecular flexibility index (Phi) is 5.87. The number of anilines is 1. The predicted octanol–water partition coefficient (Wildman–Crippen LogP) is 2.17. The number of hydrazine groups is 1. The highest BCUT2D eigenvalue weighted by atomic mass is 16.3. The monoisotopic (exact) mass is 462 g/mol. The first-order valence-electron chi connectivity index (χ1n) is 12.0. The van der Waals surface area contributed by atoms with Crippen LogP contribution in [0.1, 0.15) is 42.5 Å². The average molecular weight is 463 g/mol. The summed E-state index contributed by atoms with van der Waals surface area (Å²) >= 11 is 0. The Hall–Kier alpha value is -3.23. The van der Waals surface area contributed by atoms with E-state index in [2.05, 4.69) is 0 Å². The van der Waals surface area contributed by atoms with E-state index >= 15 is 0 Å². The number of rotatable bonds is 5. The van der Waals surface area contributed by atoms with Gasteiger partial charge in [-0.2, -0.15) is 0 Å². The zero-order valence-electron chi connectivity index (χ0n) is 19.2. The third-order valence-electron chi connectivity index (χ3n) is 7.26. The summed E-state index contributed by atoms with van der Waals surface area (Å²) in [5.74, 6) is 5.79. The van der Waals surface area contributed by atoms with Gasteiger partial charge >= 0.3 is 0 Å². The maximum atomic E-state index is 13.0. The highest BCUT2D eigenvalue weighted by molar-refractivity contribution is 5.96. The number of amides is 3. The first kappa shape index (κ1) is 22.6. The van der Waals surface area contributed by atoms with Crippen molar-refractivity contribution < 1.29 is 19.5 Å². The molecule has 2 saturated carbocycles. The molecule has 2 aromatic carbocycles. The molecular formula is C26H30N4O4. The molecule has 178 valence electrons. The van der Waals surface area contributed by atoms with E-state index in [1.807, 2.05) is 36.4 Å². The Morgan fingerprint density at radius 3 is 2.15 bits per heavy atom. The molecule has 3 fully saturated rings. The predicted molar refractivity (Wildman–Crippen MR) is 128 cm³/mol. The fourth-order valence-electron chi connectivity index (χ4n) is 4.54. The van der Waals surface area contributed by atoms with E-state index in [1.165, 1.54) is 5.01 Å². The van der Waals surface area contributed by atoms with Crippen molar-refractivity contribution in [3.05, 3.63) is 54.1 Å². The zero-order valence-corrected chi connectivity index (χ0v) is 19.2. The normalized spacial score (nSPS) is 19.4. The van der Waals surface area contributed by atoms with Gasteiger partial charge in [-0.05, 0) is 61.1 Å². The summed E-state index contributed by atoms with van der Waals surface area (Å²) in [6.07, 6.45) is 3.93. The van der Waals surface area contributed by atoms with E-state index in [1.54, 1.807) is 21.9 Å². The first-order chi connectivity index (χ1) is 16.4. The summed E-state index contributed by atoms with van der Waals surface area (Å²) in [7, 11) is 0. The number of carbonyl (C=O) groups excluding carboxylic acids is 3. The van der Waals surface area contributed by atoms with Gasteiger partial charge in [0.25, 0.3) is 11.8 Å². The van der Waals surface area contributed by atoms with E-state index in [0.29, 0.717) is 50.3 Å². The highest BCUT2D eigenvalue weighted by Gasteiger charge is 2.50. The molecule has 2 aromatic rings. The molecule has 0 aromatic heterocycles. The van der Waals surface area contributed by atoms with Crippen LogP contribution in [-0.4, -0.2) is 64.4 Å². The van der Waals surface area contributed by atoms with Crippen LogP contribution in [0.3, 0.4) is 0 Å². The molecule has 34 heavy (non-hydrogen) atoms. The van der Waals surface area contributed by atoms with Gasteiger partial charge in [-0.1, -0.05) is 30.7 Å². The topological polar surface area (TPSA) is 107 Å². The summed E-state index contributed by atoms with van der Waals surface area (Å²) in [6, 6.07) is 14.9. The minimum Gasteiger partial charge on any atom is -0.380 e. The largest absolute Gasteiger partial charge is 0.380 e. The Labute approximate surface area is 198 Å². The third-order valence-corrected chi connectivity index (χ3v) is 7.26. The summed E-state index contributed by atoms with van der Waals surface area (Å²) in [6.45, 7) is 1.78. The molecule has 0 atom stereocenters. The lowest BCUT2D eigenvalue weighted by Crippen LogP contribution is -2.53. The molecule has 8 heteroatoms. The maximum Gasteiger partial charge on any atom is 0.254 e. The van der Waals surface area contributed by atoms with E-state index in [-0.39, 0.29) is 23.6 Å². The van der Waals surface area contributed by atoms with Crippen LogP contribution in [0.15, 0.2) is 48.5 Å². The SMILES string of the molecule is NN(C(=O)C1CCC1)c1cccc(-c2ccc(C(=O)N3CCN(C(=O)C4(O)CC4)CC3)cc2)c1. The molecule has 3 amide bonds. The van der Waals surface area contributed by atoms with Gasteiger partial charge in [0.15, 0.2) is 0 Å². The van der Waals surface area contributed by atoms with E-state index in [9.17, 15) is 19.5 Å². The van der Waals surface area contributed by atoms with E-state index < -0.39 is 5.60 Å². The van der Waals surface area contributed by atoms with Crippen molar-refractivity contribution in [1.29, 1.82) is 0 Å². The number of carbonyl (C=O) groups is 3. The molecule has 0 radical (unpaired) electrons. The number of aliphatic hydroxyl groups is 1. The second-order valence-electron chi connectivity index (χ2n) is 9.58. The summed E-state index contributed by atoms with van der Waals surface area (Å²) in [5.41, 5.74) is 1.92. The van der Waals surface area contributed by atoms with Crippen LogP contribution in [0.25, 0.3) is 11.1 Å².